The molecule has 0 spiro atoms. The summed E-state index contributed by atoms with van der Waals surface area (Å²) in [7, 11) is 0. The summed E-state index contributed by atoms with van der Waals surface area (Å²) in [6, 6.07) is 2.07. The van der Waals surface area contributed by atoms with Crippen molar-refractivity contribution in [3.05, 3.63) is 22.4 Å². The highest BCUT2D eigenvalue weighted by Gasteiger charge is 2.06. The summed E-state index contributed by atoms with van der Waals surface area (Å²) in [5.74, 6) is 0. The first-order valence-electron chi connectivity index (χ1n) is 4.09. The van der Waals surface area contributed by atoms with E-state index in [-0.39, 0.29) is 12.1 Å². The Kier molecular flexibility index (Phi) is 3.72. The smallest absolute Gasteiger partial charge is 0.0663 e. The fourth-order valence-electron chi connectivity index (χ4n) is 0.878. The zero-order chi connectivity index (χ0) is 8.97. The average molecular weight is 185 g/mol. The van der Waals surface area contributed by atoms with Gasteiger partial charge in [0.05, 0.1) is 18.8 Å². The maximum atomic E-state index is 5.87. The molecular formula is C9H15NOS. The minimum Gasteiger partial charge on any atom is -0.377 e. The van der Waals surface area contributed by atoms with Crippen molar-refractivity contribution in [2.75, 3.05) is 6.61 Å². The first kappa shape index (κ1) is 9.71. The molecule has 0 amide bonds. The maximum absolute atomic E-state index is 5.87. The lowest BCUT2D eigenvalue weighted by Crippen LogP contribution is -2.18. The molecule has 0 aliphatic rings. The molecule has 0 aliphatic carbocycles. The molecule has 68 valence electrons. The van der Waals surface area contributed by atoms with Crippen molar-refractivity contribution >= 4 is 11.3 Å². The van der Waals surface area contributed by atoms with Gasteiger partial charge in [-0.25, -0.2) is 0 Å². The van der Waals surface area contributed by atoms with Crippen LogP contribution in [-0.4, -0.2) is 12.7 Å². The van der Waals surface area contributed by atoms with Gasteiger partial charge in [-0.1, -0.05) is 0 Å². The normalized spacial score (nSPS) is 13.7. The van der Waals surface area contributed by atoms with Crippen molar-refractivity contribution in [1.29, 1.82) is 0 Å². The second kappa shape index (κ2) is 4.60. The van der Waals surface area contributed by atoms with Crippen LogP contribution in [0.5, 0.6) is 0 Å². The minimum atomic E-state index is 0.0265. The van der Waals surface area contributed by atoms with Gasteiger partial charge in [-0.3, -0.25) is 0 Å². The Balaban J connectivity index is 2.34. The zero-order valence-corrected chi connectivity index (χ0v) is 8.30. The van der Waals surface area contributed by atoms with Gasteiger partial charge >= 0.3 is 0 Å². The molecule has 0 radical (unpaired) electrons. The minimum absolute atomic E-state index is 0.0265. The van der Waals surface area contributed by atoms with E-state index in [0.29, 0.717) is 6.61 Å². The van der Waals surface area contributed by atoms with Crippen LogP contribution < -0.4 is 5.73 Å². The van der Waals surface area contributed by atoms with Crippen LogP contribution in [0.1, 0.15) is 25.5 Å². The van der Waals surface area contributed by atoms with Crippen LogP contribution in [0.2, 0.25) is 0 Å². The van der Waals surface area contributed by atoms with Crippen molar-refractivity contribution in [3.63, 3.8) is 0 Å². The van der Waals surface area contributed by atoms with Crippen LogP contribution in [0.25, 0.3) is 0 Å². The molecule has 1 atom stereocenters. The molecule has 0 fully saturated rings. The predicted molar refractivity (Wildman–Crippen MR) is 52.3 cm³/mol. The number of hydrogen-bond acceptors (Lipinski definition) is 3. The summed E-state index contributed by atoms with van der Waals surface area (Å²) in [6.07, 6.45) is 0.259. The molecule has 0 saturated heterocycles. The zero-order valence-electron chi connectivity index (χ0n) is 7.49. The molecule has 0 bridgehead atoms. The molecule has 3 heteroatoms. The summed E-state index contributed by atoms with van der Waals surface area (Å²) < 4.78 is 5.41. The second-order valence-corrected chi connectivity index (χ2v) is 3.83. The highest BCUT2D eigenvalue weighted by atomic mass is 32.1. The topological polar surface area (TPSA) is 35.2 Å². The summed E-state index contributed by atoms with van der Waals surface area (Å²) in [5.41, 5.74) is 7.04. The quantitative estimate of drug-likeness (QED) is 0.780. The molecule has 0 saturated carbocycles. The number of nitrogens with two attached hydrogens (primary N) is 1. The van der Waals surface area contributed by atoms with Gasteiger partial charge in [0.25, 0.3) is 0 Å². The molecule has 1 rings (SSSR count). The fraction of sp³-hybridized carbons (Fsp3) is 0.556. The fourth-order valence-corrected chi connectivity index (χ4v) is 1.60. The lowest BCUT2D eigenvalue weighted by atomic mass is 10.2. The molecule has 2 N–H and O–H groups in total. The van der Waals surface area contributed by atoms with E-state index in [9.17, 15) is 0 Å². The monoisotopic (exact) mass is 185 g/mol. The largest absolute Gasteiger partial charge is 0.377 e. The Labute approximate surface area is 77.3 Å². The highest BCUT2D eigenvalue weighted by molar-refractivity contribution is 7.07. The molecule has 1 aromatic rings. The van der Waals surface area contributed by atoms with Crippen molar-refractivity contribution < 1.29 is 4.74 Å². The van der Waals surface area contributed by atoms with Crippen LogP contribution in [-0.2, 0) is 4.74 Å². The third-order valence-electron chi connectivity index (χ3n) is 1.58. The van der Waals surface area contributed by atoms with Gasteiger partial charge in [-0.05, 0) is 36.2 Å². The van der Waals surface area contributed by atoms with E-state index in [4.69, 9.17) is 10.5 Å². The van der Waals surface area contributed by atoms with Gasteiger partial charge < -0.3 is 10.5 Å². The van der Waals surface area contributed by atoms with Crippen LogP contribution >= 0.6 is 11.3 Å². The number of rotatable bonds is 4. The van der Waals surface area contributed by atoms with E-state index < -0.39 is 0 Å². The second-order valence-electron chi connectivity index (χ2n) is 3.05. The van der Waals surface area contributed by atoms with Crippen molar-refractivity contribution in [2.45, 2.75) is 26.0 Å². The van der Waals surface area contributed by atoms with E-state index >= 15 is 0 Å². The Morgan fingerprint density at radius 2 is 2.33 bits per heavy atom. The first-order valence-corrected chi connectivity index (χ1v) is 5.03. The third-order valence-corrected chi connectivity index (χ3v) is 2.28. The number of thiophene rings is 1. The Bertz CT molecular complexity index is 208. The summed E-state index contributed by atoms with van der Waals surface area (Å²) >= 11 is 1.67. The molecule has 1 aromatic heterocycles. The lowest BCUT2D eigenvalue weighted by molar-refractivity contribution is 0.0684. The predicted octanol–water partition coefficient (Wildman–Crippen LogP) is 2.17. The molecule has 1 heterocycles. The van der Waals surface area contributed by atoms with Gasteiger partial charge in [0.1, 0.15) is 0 Å². The molecule has 2 nitrogen and oxygen atoms in total. The lowest BCUT2D eigenvalue weighted by Gasteiger charge is -2.12. The van der Waals surface area contributed by atoms with E-state index in [1.54, 1.807) is 11.3 Å². The number of ether oxygens (including phenoxy) is 1. The standard InChI is InChI=1S/C9H15NOS/c1-7(2)11-5-9(10)8-3-4-12-6-8/h3-4,6-7,9H,5,10H2,1-2H3. The van der Waals surface area contributed by atoms with Gasteiger partial charge in [0, 0.05) is 0 Å². The molecule has 0 aromatic carbocycles. The van der Waals surface area contributed by atoms with Crippen molar-refractivity contribution in [1.82, 2.24) is 0 Å². The average Bonchev–Trinajstić information content (AvgIpc) is 2.51. The third kappa shape index (κ3) is 2.93. The van der Waals surface area contributed by atoms with Gasteiger partial charge in [-0.2, -0.15) is 11.3 Å². The maximum Gasteiger partial charge on any atom is 0.0663 e. The van der Waals surface area contributed by atoms with Crippen molar-refractivity contribution in [2.24, 2.45) is 5.73 Å². The molecule has 1 unspecified atom stereocenters. The molecule has 12 heavy (non-hydrogen) atoms. The van der Waals surface area contributed by atoms with Crippen molar-refractivity contribution in [3.8, 4) is 0 Å². The van der Waals surface area contributed by atoms with Gasteiger partial charge in [-0.15, -0.1) is 0 Å². The number of hydrogen-bond donors (Lipinski definition) is 1. The van der Waals surface area contributed by atoms with Crippen LogP contribution in [0, 0.1) is 0 Å². The van der Waals surface area contributed by atoms with E-state index in [2.05, 4.69) is 5.38 Å². The summed E-state index contributed by atoms with van der Waals surface area (Å²) in [5, 5.41) is 4.10. The van der Waals surface area contributed by atoms with E-state index in [0.717, 1.165) is 0 Å². The van der Waals surface area contributed by atoms with Gasteiger partial charge in [0.15, 0.2) is 0 Å². The van der Waals surface area contributed by atoms with Crippen LogP contribution in [0.3, 0.4) is 0 Å². The van der Waals surface area contributed by atoms with Crippen LogP contribution in [0.15, 0.2) is 16.8 Å². The Hall–Kier alpha value is -0.380. The van der Waals surface area contributed by atoms with E-state index in [1.165, 1.54) is 5.56 Å². The van der Waals surface area contributed by atoms with Crippen LogP contribution in [0.4, 0.5) is 0 Å². The molecule has 0 aliphatic heterocycles. The first-order chi connectivity index (χ1) is 5.70. The highest BCUT2D eigenvalue weighted by Crippen LogP contribution is 2.14. The SMILES string of the molecule is CC(C)OCC(N)c1ccsc1. The Morgan fingerprint density at radius 3 is 2.83 bits per heavy atom. The summed E-state index contributed by atoms with van der Waals surface area (Å²) in [6.45, 7) is 4.63. The van der Waals surface area contributed by atoms with E-state index in [1.807, 2.05) is 25.3 Å². The summed E-state index contributed by atoms with van der Waals surface area (Å²) in [4.78, 5) is 0. The Morgan fingerprint density at radius 1 is 1.58 bits per heavy atom. The molecular weight excluding hydrogens is 170 g/mol. The van der Waals surface area contributed by atoms with Gasteiger partial charge in [0.2, 0.25) is 0 Å².